The molecule has 0 atom stereocenters. The second kappa shape index (κ2) is 4.46. The number of thiazole rings is 1. The molecule has 16 heavy (non-hydrogen) atoms. The molecule has 80 valence electrons. The quantitative estimate of drug-likeness (QED) is 0.783. The molecule has 0 amide bonds. The Balaban J connectivity index is 2.49. The molecule has 0 spiro atoms. The molecule has 1 aromatic heterocycles. The summed E-state index contributed by atoms with van der Waals surface area (Å²) in [6.07, 6.45) is 0. The van der Waals surface area contributed by atoms with E-state index in [0.29, 0.717) is 5.92 Å². The number of rotatable bonds is 2. The first-order chi connectivity index (χ1) is 7.72. The number of nitriles is 1. The summed E-state index contributed by atoms with van der Waals surface area (Å²) < 4.78 is 0. The zero-order valence-electron chi connectivity index (χ0n) is 9.27. The predicted molar refractivity (Wildman–Crippen MR) is 66.4 cm³/mol. The van der Waals surface area contributed by atoms with Crippen LogP contribution < -0.4 is 0 Å². The monoisotopic (exact) mass is 228 g/mol. The first kappa shape index (κ1) is 10.8. The van der Waals surface area contributed by atoms with E-state index in [1.807, 2.05) is 30.3 Å². The molecule has 1 heterocycles. The van der Waals surface area contributed by atoms with Gasteiger partial charge in [-0.1, -0.05) is 44.2 Å². The fourth-order valence-electron chi connectivity index (χ4n) is 1.51. The van der Waals surface area contributed by atoms with Crippen molar-refractivity contribution in [3.8, 4) is 16.6 Å². The Kier molecular flexibility index (Phi) is 3.02. The Bertz CT molecular complexity index is 521. The van der Waals surface area contributed by atoms with Crippen LogP contribution in [0.3, 0.4) is 0 Å². The summed E-state index contributed by atoms with van der Waals surface area (Å²) in [5.74, 6) is 0.295. The number of aromatic nitrogens is 1. The molecular weight excluding hydrogens is 216 g/mol. The van der Waals surface area contributed by atoms with Gasteiger partial charge in [0.2, 0.25) is 0 Å². The fourth-order valence-corrected chi connectivity index (χ4v) is 2.53. The lowest BCUT2D eigenvalue weighted by atomic mass is 10.1. The second-order valence-corrected chi connectivity index (χ2v) is 4.86. The van der Waals surface area contributed by atoms with Crippen molar-refractivity contribution in [2.24, 2.45) is 0 Å². The van der Waals surface area contributed by atoms with Gasteiger partial charge in [0, 0.05) is 5.56 Å². The molecule has 0 radical (unpaired) electrons. The molecule has 0 bridgehead atoms. The van der Waals surface area contributed by atoms with Gasteiger partial charge in [-0.15, -0.1) is 11.3 Å². The SMILES string of the molecule is CC(C)c1nc(-c2ccccc2)sc1C#N. The highest BCUT2D eigenvalue weighted by molar-refractivity contribution is 7.15. The minimum Gasteiger partial charge on any atom is -0.239 e. The van der Waals surface area contributed by atoms with Crippen molar-refractivity contribution >= 4 is 11.3 Å². The average Bonchev–Trinajstić information content (AvgIpc) is 2.74. The second-order valence-electron chi connectivity index (χ2n) is 3.87. The van der Waals surface area contributed by atoms with Gasteiger partial charge in [-0.25, -0.2) is 4.98 Å². The summed E-state index contributed by atoms with van der Waals surface area (Å²) in [6, 6.07) is 12.2. The third-order valence-electron chi connectivity index (χ3n) is 2.32. The van der Waals surface area contributed by atoms with Crippen LogP contribution in [0.15, 0.2) is 30.3 Å². The third kappa shape index (κ3) is 1.98. The molecule has 0 aliphatic heterocycles. The highest BCUT2D eigenvalue weighted by Gasteiger charge is 2.14. The molecule has 2 aromatic rings. The first-order valence-corrected chi connectivity index (χ1v) is 6.00. The van der Waals surface area contributed by atoms with Crippen LogP contribution in [0.4, 0.5) is 0 Å². The zero-order chi connectivity index (χ0) is 11.5. The Hall–Kier alpha value is -1.66. The van der Waals surface area contributed by atoms with Crippen LogP contribution in [0.2, 0.25) is 0 Å². The van der Waals surface area contributed by atoms with E-state index in [1.54, 1.807) is 0 Å². The van der Waals surface area contributed by atoms with E-state index >= 15 is 0 Å². The van der Waals surface area contributed by atoms with Crippen LogP contribution in [0.1, 0.15) is 30.3 Å². The van der Waals surface area contributed by atoms with Gasteiger partial charge in [-0.05, 0) is 5.92 Å². The zero-order valence-corrected chi connectivity index (χ0v) is 10.1. The van der Waals surface area contributed by atoms with Gasteiger partial charge < -0.3 is 0 Å². The highest BCUT2D eigenvalue weighted by atomic mass is 32.1. The van der Waals surface area contributed by atoms with E-state index < -0.39 is 0 Å². The van der Waals surface area contributed by atoms with Gasteiger partial charge >= 0.3 is 0 Å². The molecule has 0 N–H and O–H groups in total. The van der Waals surface area contributed by atoms with Gasteiger partial charge in [0.1, 0.15) is 16.0 Å². The Labute approximate surface area is 99.2 Å². The lowest BCUT2D eigenvalue weighted by Gasteiger charge is -1.98. The minimum absolute atomic E-state index is 0.295. The fraction of sp³-hybridized carbons (Fsp3) is 0.231. The van der Waals surface area contributed by atoms with Gasteiger partial charge in [0.25, 0.3) is 0 Å². The first-order valence-electron chi connectivity index (χ1n) is 5.18. The number of nitrogens with zero attached hydrogens (tertiary/aromatic N) is 2. The van der Waals surface area contributed by atoms with Crippen LogP contribution in [-0.4, -0.2) is 4.98 Å². The van der Waals surface area contributed by atoms with E-state index in [0.717, 1.165) is 21.1 Å². The summed E-state index contributed by atoms with van der Waals surface area (Å²) >= 11 is 1.47. The van der Waals surface area contributed by atoms with Crippen molar-refractivity contribution in [3.63, 3.8) is 0 Å². The van der Waals surface area contributed by atoms with Crippen molar-refractivity contribution < 1.29 is 0 Å². The third-order valence-corrected chi connectivity index (χ3v) is 3.35. The number of hydrogen-bond donors (Lipinski definition) is 0. The van der Waals surface area contributed by atoms with E-state index in [1.165, 1.54) is 11.3 Å². The summed E-state index contributed by atoms with van der Waals surface area (Å²) in [5.41, 5.74) is 1.99. The molecule has 0 unspecified atom stereocenters. The van der Waals surface area contributed by atoms with E-state index in [4.69, 9.17) is 5.26 Å². The number of benzene rings is 1. The maximum Gasteiger partial charge on any atom is 0.128 e. The van der Waals surface area contributed by atoms with E-state index in [9.17, 15) is 0 Å². The van der Waals surface area contributed by atoms with Crippen molar-refractivity contribution in [2.75, 3.05) is 0 Å². The lowest BCUT2D eigenvalue weighted by Crippen LogP contribution is -1.90. The molecule has 2 nitrogen and oxygen atoms in total. The minimum atomic E-state index is 0.295. The summed E-state index contributed by atoms with van der Waals surface area (Å²) in [7, 11) is 0. The van der Waals surface area contributed by atoms with Crippen LogP contribution >= 0.6 is 11.3 Å². The molecule has 2 rings (SSSR count). The van der Waals surface area contributed by atoms with Crippen LogP contribution in [0.25, 0.3) is 10.6 Å². The smallest absolute Gasteiger partial charge is 0.128 e. The Morgan fingerprint density at radius 2 is 1.94 bits per heavy atom. The van der Waals surface area contributed by atoms with Crippen LogP contribution in [0, 0.1) is 11.3 Å². The van der Waals surface area contributed by atoms with Gasteiger partial charge in [-0.2, -0.15) is 5.26 Å². The Morgan fingerprint density at radius 3 is 2.44 bits per heavy atom. The van der Waals surface area contributed by atoms with Gasteiger partial charge in [0.05, 0.1) is 5.69 Å². The maximum atomic E-state index is 9.05. The molecule has 0 saturated carbocycles. The van der Waals surface area contributed by atoms with Crippen LogP contribution in [0.5, 0.6) is 0 Å². The van der Waals surface area contributed by atoms with Crippen molar-refractivity contribution in [2.45, 2.75) is 19.8 Å². The molecule has 3 heteroatoms. The maximum absolute atomic E-state index is 9.05. The molecular formula is C13H12N2S. The summed E-state index contributed by atoms with van der Waals surface area (Å²) in [4.78, 5) is 5.28. The number of hydrogen-bond acceptors (Lipinski definition) is 3. The molecule has 0 saturated heterocycles. The van der Waals surface area contributed by atoms with E-state index in [-0.39, 0.29) is 0 Å². The average molecular weight is 228 g/mol. The topological polar surface area (TPSA) is 36.7 Å². The molecule has 1 aromatic carbocycles. The van der Waals surface area contributed by atoms with Crippen LogP contribution in [-0.2, 0) is 0 Å². The summed E-state index contributed by atoms with van der Waals surface area (Å²) in [6.45, 7) is 4.12. The van der Waals surface area contributed by atoms with Crippen molar-refractivity contribution in [3.05, 3.63) is 40.9 Å². The Morgan fingerprint density at radius 1 is 1.25 bits per heavy atom. The predicted octanol–water partition coefficient (Wildman–Crippen LogP) is 3.81. The summed E-state index contributed by atoms with van der Waals surface area (Å²) in [5, 5.41) is 9.98. The van der Waals surface area contributed by atoms with Crippen molar-refractivity contribution in [1.82, 2.24) is 4.98 Å². The van der Waals surface area contributed by atoms with E-state index in [2.05, 4.69) is 24.9 Å². The molecule has 0 fully saturated rings. The lowest BCUT2D eigenvalue weighted by molar-refractivity contribution is 0.831. The highest BCUT2D eigenvalue weighted by Crippen LogP contribution is 2.30. The van der Waals surface area contributed by atoms with Gasteiger partial charge in [-0.3, -0.25) is 0 Å². The normalized spacial score (nSPS) is 10.4. The standard InChI is InChI=1S/C13H12N2S/c1-9(2)12-11(8-14)16-13(15-12)10-6-4-3-5-7-10/h3-7,9H,1-2H3. The molecule has 0 aliphatic rings. The van der Waals surface area contributed by atoms with Crippen molar-refractivity contribution in [1.29, 1.82) is 5.26 Å². The largest absolute Gasteiger partial charge is 0.239 e. The molecule has 0 aliphatic carbocycles. The van der Waals surface area contributed by atoms with Gasteiger partial charge in [0.15, 0.2) is 0 Å².